The van der Waals surface area contributed by atoms with E-state index in [1.54, 1.807) is 19.1 Å². The van der Waals surface area contributed by atoms with Gasteiger partial charge < -0.3 is 9.73 Å². The van der Waals surface area contributed by atoms with Crippen LogP contribution in [0.3, 0.4) is 0 Å². The van der Waals surface area contributed by atoms with Gasteiger partial charge in [-0.15, -0.1) is 6.58 Å². The molecular weight excluding hydrogens is 252 g/mol. The van der Waals surface area contributed by atoms with E-state index in [0.717, 1.165) is 6.54 Å². The molecule has 5 nitrogen and oxygen atoms in total. The van der Waals surface area contributed by atoms with Crippen LogP contribution in [-0.2, 0) is 16.6 Å². The summed E-state index contributed by atoms with van der Waals surface area (Å²) in [5, 5.41) is 3.06. The van der Waals surface area contributed by atoms with E-state index < -0.39 is 10.0 Å². The van der Waals surface area contributed by atoms with Crippen LogP contribution >= 0.6 is 0 Å². The van der Waals surface area contributed by atoms with Crippen molar-refractivity contribution < 1.29 is 12.8 Å². The van der Waals surface area contributed by atoms with Crippen molar-refractivity contribution in [2.75, 3.05) is 19.6 Å². The van der Waals surface area contributed by atoms with Crippen molar-refractivity contribution in [3.05, 3.63) is 30.5 Å². The van der Waals surface area contributed by atoms with Crippen LogP contribution in [0.2, 0.25) is 0 Å². The highest BCUT2D eigenvalue weighted by Crippen LogP contribution is 2.18. The van der Waals surface area contributed by atoms with Crippen LogP contribution < -0.4 is 5.32 Å². The standard InChI is InChI=1S/C12H20N2O3S/c1-4-9-14(6-3)18(15,16)12-8-7-11(17-12)10-13-5-2/h4,7-8,13H,1,5-6,9-10H2,2-3H3. The Morgan fingerprint density at radius 2 is 2.17 bits per heavy atom. The van der Waals surface area contributed by atoms with E-state index in [1.807, 2.05) is 6.92 Å². The number of rotatable bonds is 8. The topological polar surface area (TPSA) is 62.6 Å². The average Bonchev–Trinajstić information content (AvgIpc) is 2.82. The molecule has 0 saturated carbocycles. The Bertz CT molecular complexity index is 479. The maximum Gasteiger partial charge on any atom is 0.276 e. The fraction of sp³-hybridized carbons (Fsp3) is 0.500. The molecular formula is C12H20N2O3S. The molecule has 0 aliphatic heterocycles. The second kappa shape index (κ2) is 6.72. The molecule has 0 fully saturated rings. The fourth-order valence-corrected chi connectivity index (χ4v) is 2.86. The highest BCUT2D eigenvalue weighted by molar-refractivity contribution is 7.89. The van der Waals surface area contributed by atoms with Crippen molar-refractivity contribution in [2.24, 2.45) is 0 Å². The average molecular weight is 272 g/mol. The first-order valence-electron chi connectivity index (χ1n) is 5.96. The highest BCUT2D eigenvalue weighted by Gasteiger charge is 2.25. The van der Waals surface area contributed by atoms with E-state index >= 15 is 0 Å². The minimum atomic E-state index is -3.55. The summed E-state index contributed by atoms with van der Waals surface area (Å²) < 4.78 is 31.1. The third kappa shape index (κ3) is 3.44. The largest absolute Gasteiger partial charge is 0.447 e. The van der Waals surface area contributed by atoms with Gasteiger partial charge >= 0.3 is 0 Å². The number of nitrogens with zero attached hydrogens (tertiary/aromatic N) is 1. The van der Waals surface area contributed by atoms with E-state index in [-0.39, 0.29) is 11.6 Å². The number of sulfonamides is 1. The zero-order valence-electron chi connectivity index (χ0n) is 10.8. The Balaban J connectivity index is 2.90. The predicted molar refractivity (Wildman–Crippen MR) is 70.7 cm³/mol. The van der Waals surface area contributed by atoms with Gasteiger partial charge in [0, 0.05) is 13.1 Å². The normalized spacial score (nSPS) is 11.9. The molecule has 1 rings (SSSR count). The molecule has 18 heavy (non-hydrogen) atoms. The molecule has 0 amide bonds. The maximum absolute atomic E-state index is 12.2. The summed E-state index contributed by atoms with van der Waals surface area (Å²) in [7, 11) is -3.55. The van der Waals surface area contributed by atoms with Crippen LogP contribution in [0.25, 0.3) is 0 Å². The first-order chi connectivity index (χ1) is 8.56. The molecule has 0 atom stereocenters. The summed E-state index contributed by atoms with van der Waals surface area (Å²) in [6.07, 6.45) is 1.56. The molecule has 0 unspecified atom stereocenters. The minimum Gasteiger partial charge on any atom is -0.447 e. The quantitative estimate of drug-likeness (QED) is 0.730. The van der Waals surface area contributed by atoms with Crippen LogP contribution in [0.5, 0.6) is 0 Å². The molecule has 0 spiro atoms. The van der Waals surface area contributed by atoms with E-state index in [0.29, 0.717) is 18.8 Å². The lowest BCUT2D eigenvalue weighted by atomic mass is 10.4. The van der Waals surface area contributed by atoms with E-state index in [1.165, 1.54) is 10.4 Å². The van der Waals surface area contributed by atoms with Crippen LogP contribution in [-0.4, -0.2) is 32.4 Å². The van der Waals surface area contributed by atoms with Crippen molar-refractivity contribution in [3.8, 4) is 0 Å². The lowest BCUT2D eigenvalue weighted by Crippen LogP contribution is -2.30. The summed E-state index contributed by atoms with van der Waals surface area (Å²) in [6.45, 7) is 9.31. The monoisotopic (exact) mass is 272 g/mol. The smallest absolute Gasteiger partial charge is 0.276 e. The number of hydrogen-bond acceptors (Lipinski definition) is 4. The first-order valence-corrected chi connectivity index (χ1v) is 7.40. The molecule has 1 aromatic heterocycles. The molecule has 0 aliphatic rings. The fourth-order valence-electron chi connectivity index (χ4n) is 1.51. The second-order valence-corrected chi connectivity index (χ2v) is 5.61. The number of likely N-dealkylation sites (N-methyl/N-ethyl adjacent to an activating group) is 1. The number of nitrogens with one attached hydrogen (secondary N) is 1. The lowest BCUT2D eigenvalue weighted by molar-refractivity contribution is 0.378. The van der Waals surface area contributed by atoms with E-state index in [2.05, 4.69) is 11.9 Å². The molecule has 0 bridgehead atoms. The van der Waals surface area contributed by atoms with Gasteiger partial charge in [-0.2, -0.15) is 4.31 Å². The summed E-state index contributed by atoms with van der Waals surface area (Å²) in [6, 6.07) is 3.17. The first kappa shape index (κ1) is 14.9. The van der Waals surface area contributed by atoms with Gasteiger partial charge in [-0.1, -0.05) is 19.9 Å². The Morgan fingerprint density at radius 1 is 1.44 bits per heavy atom. The van der Waals surface area contributed by atoms with E-state index in [4.69, 9.17) is 4.42 Å². The van der Waals surface area contributed by atoms with Crippen molar-refractivity contribution >= 4 is 10.0 Å². The third-order valence-electron chi connectivity index (χ3n) is 2.47. The van der Waals surface area contributed by atoms with Gasteiger partial charge in [0.05, 0.1) is 6.54 Å². The van der Waals surface area contributed by atoms with Crippen LogP contribution in [0.4, 0.5) is 0 Å². The zero-order valence-corrected chi connectivity index (χ0v) is 11.7. The predicted octanol–water partition coefficient (Wildman–Crippen LogP) is 1.59. The third-order valence-corrected chi connectivity index (χ3v) is 4.28. The molecule has 6 heteroatoms. The van der Waals surface area contributed by atoms with Gasteiger partial charge in [0.1, 0.15) is 5.76 Å². The molecule has 1 heterocycles. The van der Waals surface area contributed by atoms with Gasteiger partial charge in [0.2, 0.25) is 5.09 Å². The van der Waals surface area contributed by atoms with Crippen molar-refractivity contribution in [1.29, 1.82) is 0 Å². The van der Waals surface area contributed by atoms with Gasteiger partial charge in [-0.3, -0.25) is 0 Å². The van der Waals surface area contributed by atoms with Crippen molar-refractivity contribution in [2.45, 2.75) is 25.5 Å². The van der Waals surface area contributed by atoms with E-state index in [9.17, 15) is 8.42 Å². The molecule has 1 N–H and O–H groups in total. The molecule has 0 aliphatic carbocycles. The lowest BCUT2D eigenvalue weighted by Gasteiger charge is -2.16. The Hall–Kier alpha value is -1.11. The highest BCUT2D eigenvalue weighted by atomic mass is 32.2. The molecule has 0 aromatic carbocycles. The van der Waals surface area contributed by atoms with Crippen LogP contribution in [0, 0.1) is 0 Å². The van der Waals surface area contributed by atoms with Crippen molar-refractivity contribution in [3.63, 3.8) is 0 Å². The minimum absolute atomic E-state index is 0.0147. The Kier molecular flexibility index (Phi) is 5.58. The molecule has 0 radical (unpaired) electrons. The van der Waals surface area contributed by atoms with Crippen LogP contribution in [0.15, 0.2) is 34.3 Å². The Labute approximate surface area is 109 Å². The number of furan rings is 1. The van der Waals surface area contributed by atoms with Gasteiger partial charge in [-0.05, 0) is 18.7 Å². The van der Waals surface area contributed by atoms with Gasteiger partial charge in [-0.25, -0.2) is 8.42 Å². The Morgan fingerprint density at radius 3 is 2.72 bits per heavy atom. The molecule has 1 aromatic rings. The summed E-state index contributed by atoms with van der Waals surface area (Å²) in [4.78, 5) is 0. The summed E-state index contributed by atoms with van der Waals surface area (Å²) in [5.74, 6) is 0.616. The molecule has 0 saturated heterocycles. The summed E-state index contributed by atoms with van der Waals surface area (Å²) in [5.41, 5.74) is 0. The second-order valence-electron chi connectivity index (χ2n) is 3.75. The zero-order chi connectivity index (χ0) is 13.6. The van der Waals surface area contributed by atoms with Crippen LogP contribution in [0.1, 0.15) is 19.6 Å². The maximum atomic E-state index is 12.2. The van der Waals surface area contributed by atoms with Gasteiger partial charge in [0.25, 0.3) is 10.0 Å². The van der Waals surface area contributed by atoms with Gasteiger partial charge in [0.15, 0.2) is 0 Å². The summed E-state index contributed by atoms with van der Waals surface area (Å²) >= 11 is 0. The SMILES string of the molecule is C=CCN(CC)S(=O)(=O)c1ccc(CNCC)o1. The number of hydrogen-bond donors (Lipinski definition) is 1. The van der Waals surface area contributed by atoms with Crippen molar-refractivity contribution in [1.82, 2.24) is 9.62 Å². The molecule has 102 valence electrons.